The molecule has 0 aliphatic carbocycles. The smallest absolute Gasteiger partial charge is 0.243 e. The number of nitrogens with two attached hydrogens (primary N) is 1. The van der Waals surface area contributed by atoms with Crippen molar-refractivity contribution < 1.29 is 34.2 Å². The number of benzene rings is 3. The van der Waals surface area contributed by atoms with Gasteiger partial charge in [-0.05, 0) is 65.1 Å². The third kappa shape index (κ3) is 12.3. The molecule has 7 N–H and O–H groups in total. The van der Waals surface area contributed by atoms with Gasteiger partial charge in [-0.1, -0.05) is 79.7 Å². The van der Waals surface area contributed by atoms with Gasteiger partial charge in [-0.3, -0.25) is 24.0 Å². The lowest BCUT2D eigenvalue weighted by atomic mass is 9.94. The van der Waals surface area contributed by atoms with Crippen molar-refractivity contribution >= 4 is 46.6 Å². The SMILES string of the molecule is C[C@@H](Cc1ccc(NC(=O)CCC(=O)N[C@H](Cc2cccs2)C(=O)N[C@@H](Cc2ccc(-c3ccccc3)cc2)C(N)=O)cc1)C(=O)N1CCC(C(O)O)CC1. The summed E-state index contributed by atoms with van der Waals surface area (Å²) in [7, 11) is 0. The number of thiophene rings is 1. The molecule has 0 radical (unpaired) electrons. The third-order valence-corrected chi connectivity index (χ3v) is 10.7. The predicted octanol–water partition coefficient (Wildman–Crippen LogP) is 3.80. The van der Waals surface area contributed by atoms with Gasteiger partial charge >= 0.3 is 0 Å². The van der Waals surface area contributed by atoms with Crippen LogP contribution in [0.15, 0.2) is 96.4 Å². The van der Waals surface area contributed by atoms with Crippen LogP contribution in [0.2, 0.25) is 0 Å². The molecule has 55 heavy (non-hydrogen) atoms. The van der Waals surface area contributed by atoms with Crippen molar-refractivity contribution in [2.75, 3.05) is 18.4 Å². The molecule has 3 aromatic carbocycles. The lowest BCUT2D eigenvalue weighted by molar-refractivity contribution is -0.140. The van der Waals surface area contributed by atoms with Crippen LogP contribution in [0.4, 0.5) is 5.69 Å². The van der Waals surface area contributed by atoms with Gasteiger partial charge in [0.15, 0.2) is 6.29 Å². The summed E-state index contributed by atoms with van der Waals surface area (Å²) in [6.07, 6.45) is 0.342. The second kappa shape index (κ2) is 19.8. The molecule has 0 bridgehead atoms. The van der Waals surface area contributed by atoms with Gasteiger partial charge in [0.25, 0.3) is 0 Å². The molecule has 290 valence electrons. The average Bonchev–Trinajstić information content (AvgIpc) is 3.71. The number of likely N-dealkylation sites (tertiary alicyclic amines) is 1. The number of primary amides is 1. The van der Waals surface area contributed by atoms with E-state index in [4.69, 9.17) is 5.73 Å². The fourth-order valence-electron chi connectivity index (χ4n) is 6.65. The van der Waals surface area contributed by atoms with E-state index in [0.29, 0.717) is 38.0 Å². The first-order chi connectivity index (χ1) is 26.4. The van der Waals surface area contributed by atoms with E-state index in [0.717, 1.165) is 27.1 Å². The number of aliphatic hydroxyl groups excluding tert-OH is 1. The first-order valence-corrected chi connectivity index (χ1v) is 19.4. The zero-order valence-corrected chi connectivity index (χ0v) is 31.7. The summed E-state index contributed by atoms with van der Waals surface area (Å²) in [6.45, 7) is 2.86. The molecule has 13 heteroatoms. The van der Waals surface area contributed by atoms with Gasteiger partial charge in [0, 0.05) is 61.2 Å². The number of rotatable bonds is 17. The predicted molar refractivity (Wildman–Crippen MR) is 211 cm³/mol. The molecule has 5 amide bonds. The minimum atomic E-state index is -1.36. The topological polar surface area (TPSA) is 191 Å². The zero-order valence-electron chi connectivity index (χ0n) is 30.9. The van der Waals surface area contributed by atoms with Crippen molar-refractivity contribution in [3.8, 4) is 11.1 Å². The summed E-state index contributed by atoms with van der Waals surface area (Å²) < 4.78 is 0. The summed E-state index contributed by atoms with van der Waals surface area (Å²) in [4.78, 5) is 67.4. The Bertz CT molecular complexity index is 1880. The highest BCUT2D eigenvalue weighted by Gasteiger charge is 2.29. The number of aliphatic hydroxyl groups is 2. The van der Waals surface area contributed by atoms with E-state index in [-0.39, 0.29) is 49.3 Å². The van der Waals surface area contributed by atoms with Crippen molar-refractivity contribution in [1.82, 2.24) is 15.5 Å². The maximum atomic E-state index is 13.5. The Labute approximate surface area is 325 Å². The van der Waals surface area contributed by atoms with E-state index in [1.165, 1.54) is 11.3 Å². The van der Waals surface area contributed by atoms with Gasteiger partial charge in [-0.2, -0.15) is 0 Å². The summed E-state index contributed by atoms with van der Waals surface area (Å²) >= 11 is 1.43. The molecule has 1 aliphatic rings. The first kappa shape index (κ1) is 40.8. The van der Waals surface area contributed by atoms with Gasteiger partial charge < -0.3 is 36.8 Å². The Morgan fingerprint density at radius 1 is 0.745 bits per heavy atom. The Morgan fingerprint density at radius 3 is 1.98 bits per heavy atom. The Kier molecular flexibility index (Phi) is 14.7. The van der Waals surface area contributed by atoms with Crippen molar-refractivity contribution in [2.45, 2.75) is 70.2 Å². The molecule has 0 spiro atoms. The standard InChI is InChI=1S/C42H49N5O7S/c1-27(41(52)47-21-19-32(20-22-47)42(53)54)24-28-11-15-33(16-12-28)44-37(48)17-18-38(49)45-36(26-34-8-5-23-55-34)40(51)46-35(39(43)50)25-29-9-13-31(14-10-29)30-6-3-2-4-7-30/h2-16,23,27,32,35-36,42,53-54H,17-22,24-26H2,1H3,(H2,43,50)(H,44,48)(H,45,49)(H,46,51)/t27-,35-,36+/m0/s1. The molecule has 5 rings (SSSR count). The summed E-state index contributed by atoms with van der Waals surface area (Å²) in [5.41, 5.74) is 10.0. The lowest BCUT2D eigenvalue weighted by Crippen LogP contribution is -2.54. The highest BCUT2D eigenvalue weighted by Crippen LogP contribution is 2.23. The highest BCUT2D eigenvalue weighted by atomic mass is 32.1. The van der Waals surface area contributed by atoms with Gasteiger partial charge in [-0.25, -0.2) is 0 Å². The summed E-state index contributed by atoms with van der Waals surface area (Å²) in [5.74, 6) is -2.59. The average molecular weight is 768 g/mol. The molecule has 1 saturated heterocycles. The molecule has 0 unspecified atom stereocenters. The molecule has 0 saturated carbocycles. The van der Waals surface area contributed by atoms with Crippen LogP contribution >= 0.6 is 11.3 Å². The third-order valence-electron chi connectivity index (χ3n) is 9.85. The number of piperidine rings is 1. The molecule has 1 aromatic heterocycles. The fourth-order valence-corrected chi connectivity index (χ4v) is 7.40. The van der Waals surface area contributed by atoms with E-state index in [2.05, 4.69) is 16.0 Å². The number of carbonyl (C=O) groups is 5. The summed E-state index contributed by atoms with van der Waals surface area (Å²) in [5, 5.41) is 28.9. The Balaban J connectivity index is 1.10. The molecular weight excluding hydrogens is 719 g/mol. The first-order valence-electron chi connectivity index (χ1n) is 18.5. The second-order valence-corrected chi connectivity index (χ2v) is 15.1. The molecule has 12 nitrogen and oxygen atoms in total. The largest absolute Gasteiger partial charge is 0.368 e. The Hall–Kier alpha value is -5.37. The highest BCUT2D eigenvalue weighted by molar-refractivity contribution is 7.09. The minimum Gasteiger partial charge on any atom is -0.368 e. The van der Waals surface area contributed by atoms with Gasteiger partial charge in [0.2, 0.25) is 29.5 Å². The van der Waals surface area contributed by atoms with Gasteiger partial charge in [-0.15, -0.1) is 11.3 Å². The van der Waals surface area contributed by atoms with Gasteiger partial charge in [0.05, 0.1) is 0 Å². The minimum absolute atomic E-state index is 0.0225. The van der Waals surface area contributed by atoms with Crippen LogP contribution in [-0.2, 0) is 43.2 Å². The molecule has 3 atom stereocenters. The number of nitrogens with zero attached hydrogens (tertiary/aromatic N) is 1. The maximum Gasteiger partial charge on any atom is 0.243 e. The fraction of sp³-hybridized carbons (Fsp3) is 0.357. The van der Waals surface area contributed by atoms with E-state index < -0.39 is 36.1 Å². The van der Waals surface area contributed by atoms with Crippen molar-refractivity contribution in [3.63, 3.8) is 0 Å². The lowest BCUT2D eigenvalue weighted by Gasteiger charge is -2.34. The van der Waals surface area contributed by atoms with E-state index >= 15 is 0 Å². The van der Waals surface area contributed by atoms with Crippen molar-refractivity contribution in [3.05, 3.63) is 112 Å². The van der Waals surface area contributed by atoms with Crippen LogP contribution in [0.1, 0.15) is 48.6 Å². The molecular formula is C42H49N5O7S. The van der Waals surface area contributed by atoms with Crippen LogP contribution in [-0.4, -0.2) is 76.1 Å². The zero-order chi connectivity index (χ0) is 39.3. The summed E-state index contributed by atoms with van der Waals surface area (Å²) in [6, 6.07) is 26.4. The number of anilines is 1. The normalized spacial score (nSPS) is 14.8. The van der Waals surface area contributed by atoms with Crippen LogP contribution in [0.25, 0.3) is 11.1 Å². The number of hydrogen-bond acceptors (Lipinski definition) is 8. The van der Waals surface area contributed by atoms with E-state index in [9.17, 15) is 34.2 Å². The van der Waals surface area contributed by atoms with Gasteiger partial charge in [0.1, 0.15) is 12.1 Å². The van der Waals surface area contributed by atoms with Crippen molar-refractivity contribution in [2.24, 2.45) is 17.6 Å². The number of hydrogen-bond donors (Lipinski definition) is 6. The molecule has 4 aromatic rings. The van der Waals surface area contributed by atoms with E-state index in [1.54, 1.807) is 17.0 Å². The van der Waals surface area contributed by atoms with Crippen LogP contribution in [0.3, 0.4) is 0 Å². The van der Waals surface area contributed by atoms with Crippen LogP contribution in [0, 0.1) is 11.8 Å². The number of nitrogens with one attached hydrogen (secondary N) is 3. The number of carbonyl (C=O) groups excluding carboxylic acids is 5. The van der Waals surface area contributed by atoms with Crippen LogP contribution < -0.4 is 21.7 Å². The van der Waals surface area contributed by atoms with E-state index in [1.807, 2.05) is 91.2 Å². The molecule has 2 heterocycles. The molecule has 1 aliphatic heterocycles. The number of amides is 5. The van der Waals surface area contributed by atoms with Crippen molar-refractivity contribution in [1.29, 1.82) is 0 Å². The Morgan fingerprint density at radius 2 is 1.36 bits per heavy atom. The van der Waals surface area contributed by atoms with Crippen LogP contribution in [0.5, 0.6) is 0 Å². The second-order valence-electron chi connectivity index (χ2n) is 14.1. The quantitative estimate of drug-likeness (QED) is 0.0881. The monoisotopic (exact) mass is 767 g/mol. The molecule has 1 fully saturated rings. The maximum absolute atomic E-state index is 13.5.